The monoisotopic (exact) mass is 525 g/mol. The second-order valence-corrected chi connectivity index (χ2v) is 13.4. The summed E-state index contributed by atoms with van der Waals surface area (Å²) in [6.45, 7) is 9.02. The first-order valence-electron chi connectivity index (χ1n) is 13.6. The minimum Gasteiger partial charge on any atom is -0.489 e. The van der Waals surface area contributed by atoms with Crippen molar-refractivity contribution in [2.45, 2.75) is 96.2 Å². The molecule has 5 atom stereocenters. The maximum Gasteiger partial charge on any atom is 0.325 e. The van der Waals surface area contributed by atoms with Crippen LogP contribution in [-0.2, 0) is 20.7 Å². The van der Waals surface area contributed by atoms with Crippen LogP contribution in [0, 0.1) is 0 Å². The van der Waals surface area contributed by atoms with Gasteiger partial charge in [-0.15, -0.1) is 0 Å². The van der Waals surface area contributed by atoms with E-state index in [0.717, 1.165) is 42.6 Å². The van der Waals surface area contributed by atoms with Crippen LogP contribution in [0.25, 0.3) is 0 Å². The Morgan fingerprint density at radius 1 is 0.919 bits per heavy atom. The summed E-state index contributed by atoms with van der Waals surface area (Å²) in [5.41, 5.74) is 2.06. The van der Waals surface area contributed by atoms with Gasteiger partial charge in [-0.1, -0.05) is 55.3 Å². The molecule has 1 unspecified atom stereocenters. The molecule has 0 bridgehead atoms. The van der Waals surface area contributed by atoms with Gasteiger partial charge in [0, 0.05) is 24.2 Å². The number of nitrogens with zero attached hydrogens (tertiary/aromatic N) is 3. The fraction of sp³-hybridized carbons (Fsp3) is 0.552. The zero-order valence-electron chi connectivity index (χ0n) is 22.6. The molecule has 1 aliphatic carbocycles. The predicted molar refractivity (Wildman–Crippen MR) is 145 cm³/mol. The quantitative estimate of drug-likeness (QED) is 0.237. The highest BCUT2D eigenvalue weighted by molar-refractivity contribution is 7.57. The topological polar surface area (TPSA) is 62.1 Å². The smallest absolute Gasteiger partial charge is 0.325 e. The number of hydrogen-bond donors (Lipinski definition) is 0. The first kappa shape index (κ1) is 26.4. The molecule has 0 aromatic heterocycles. The summed E-state index contributed by atoms with van der Waals surface area (Å²) in [6, 6.07) is 17.8. The number of benzene rings is 2. The molecule has 2 aromatic carbocycles. The summed E-state index contributed by atoms with van der Waals surface area (Å²) in [6.07, 6.45) is 4.41. The molecule has 7 nitrogen and oxygen atoms in total. The van der Waals surface area contributed by atoms with Crippen molar-refractivity contribution >= 4 is 13.6 Å². The van der Waals surface area contributed by atoms with E-state index in [-0.39, 0.29) is 36.2 Å². The van der Waals surface area contributed by atoms with Crippen molar-refractivity contribution in [3.8, 4) is 5.75 Å². The van der Waals surface area contributed by atoms with Crippen LogP contribution in [0.3, 0.4) is 0 Å². The number of esters is 1. The Hall–Kier alpha value is -2.18. The molecular weight excluding hydrogens is 485 g/mol. The van der Waals surface area contributed by atoms with Crippen LogP contribution in [0.15, 0.2) is 54.6 Å². The molecule has 5 rings (SSSR count). The first-order chi connectivity index (χ1) is 17.8. The highest BCUT2D eigenvalue weighted by Crippen LogP contribution is 2.75. The van der Waals surface area contributed by atoms with Gasteiger partial charge in [0.25, 0.3) is 7.59 Å². The fourth-order valence-electron chi connectivity index (χ4n) is 6.56. The molecule has 2 heterocycles. The van der Waals surface area contributed by atoms with Gasteiger partial charge in [0.15, 0.2) is 0 Å². The highest BCUT2D eigenvalue weighted by Gasteiger charge is 2.71. The van der Waals surface area contributed by atoms with Crippen LogP contribution in [0.5, 0.6) is 5.75 Å². The maximum absolute atomic E-state index is 15.4. The van der Waals surface area contributed by atoms with Gasteiger partial charge in [0.1, 0.15) is 18.4 Å². The third kappa shape index (κ3) is 4.65. The van der Waals surface area contributed by atoms with Gasteiger partial charge in [0.05, 0.1) is 13.2 Å². The standard InChI is InChI=1S/C29H40N3O4P/c1-20(2)30-25-13-9-10-14-26(25)31(21(3)4)37(30,34)32-27(28(32)29(33)35-5)23-15-17-24(18-16-23)36-19-22-11-7-6-8-12-22/h6-8,11-12,15-18,20-21,25-28H,9-10,13-14,19H2,1-5H3/t25-,26-,27+,28+,32?/m1/s1. The summed E-state index contributed by atoms with van der Waals surface area (Å²) in [4.78, 5) is 13.0. The molecule has 3 aliphatic rings. The van der Waals surface area contributed by atoms with E-state index >= 15 is 4.57 Å². The minimum atomic E-state index is -3.21. The molecule has 0 radical (unpaired) electrons. The van der Waals surface area contributed by atoms with Crippen LogP contribution in [0.4, 0.5) is 0 Å². The van der Waals surface area contributed by atoms with Crippen LogP contribution in [0.2, 0.25) is 0 Å². The number of carbonyl (C=O) groups is 1. The number of ether oxygens (including phenoxy) is 2. The Balaban J connectivity index is 1.45. The second-order valence-electron chi connectivity index (χ2n) is 11.0. The molecule has 1 saturated carbocycles. The van der Waals surface area contributed by atoms with Gasteiger partial charge in [-0.3, -0.25) is 9.36 Å². The summed E-state index contributed by atoms with van der Waals surface area (Å²) in [7, 11) is -1.79. The van der Waals surface area contributed by atoms with E-state index in [1.807, 2.05) is 59.3 Å². The third-order valence-electron chi connectivity index (χ3n) is 8.03. The number of hydrogen-bond acceptors (Lipinski definition) is 4. The van der Waals surface area contributed by atoms with E-state index in [0.29, 0.717) is 6.61 Å². The van der Waals surface area contributed by atoms with Crippen molar-refractivity contribution in [2.24, 2.45) is 0 Å². The molecule has 2 saturated heterocycles. The Bertz CT molecular complexity index is 1110. The average Bonchev–Trinajstić information content (AvgIpc) is 3.59. The maximum atomic E-state index is 15.4. The molecule has 37 heavy (non-hydrogen) atoms. The molecule has 2 aromatic rings. The fourth-order valence-corrected chi connectivity index (χ4v) is 10.9. The lowest BCUT2D eigenvalue weighted by Gasteiger charge is -2.37. The Labute approximate surface area is 221 Å². The number of fused-ring (bicyclic) bond motifs is 1. The molecule has 200 valence electrons. The minimum absolute atomic E-state index is 0.105. The Morgan fingerprint density at radius 3 is 2.00 bits per heavy atom. The lowest BCUT2D eigenvalue weighted by atomic mass is 9.89. The van der Waals surface area contributed by atoms with Crippen molar-refractivity contribution in [1.82, 2.24) is 14.0 Å². The zero-order valence-corrected chi connectivity index (χ0v) is 23.5. The first-order valence-corrected chi connectivity index (χ1v) is 15.2. The van der Waals surface area contributed by atoms with E-state index in [2.05, 4.69) is 37.0 Å². The van der Waals surface area contributed by atoms with E-state index in [1.165, 1.54) is 7.11 Å². The number of rotatable bonds is 8. The van der Waals surface area contributed by atoms with Crippen molar-refractivity contribution in [2.75, 3.05) is 7.11 Å². The largest absolute Gasteiger partial charge is 0.489 e. The molecule has 2 aliphatic heterocycles. The average molecular weight is 526 g/mol. The molecule has 0 spiro atoms. The van der Waals surface area contributed by atoms with Crippen molar-refractivity contribution < 1.29 is 18.8 Å². The van der Waals surface area contributed by atoms with Crippen molar-refractivity contribution in [3.63, 3.8) is 0 Å². The van der Waals surface area contributed by atoms with Gasteiger partial charge in [-0.2, -0.15) is 0 Å². The van der Waals surface area contributed by atoms with Gasteiger partial charge < -0.3 is 9.47 Å². The number of carbonyl (C=O) groups excluding carboxylic acids is 1. The zero-order chi connectivity index (χ0) is 26.3. The summed E-state index contributed by atoms with van der Waals surface area (Å²) < 4.78 is 33.0. The van der Waals surface area contributed by atoms with E-state index < -0.39 is 13.6 Å². The SMILES string of the molecule is COC(=O)[C@@H]1[C@H](c2ccc(OCc3ccccc3)cc2)N1P1(=O)N(C(C)C)[C@@H]2CCCC[C@H]2N1C(C)C. The molecule has 3 fully saturated rings. The summed E-state index contributed by atoms with van der Waals surface area (Å²) in [5.74, 6) is 0.437. The van der Waals surface area contributed by atoms with Gasteiger partial charge in [-0.25, -0.2) is 14.0 Å². The van der Waals surface area contributed by atoms with Crippen LogP contribution >= 0.6 is 7.59 Å². The Kier molecular flexibility index (Phi) is 7.52. The van der Waals surface area contributed by atoms with Gasteiger partial charge in [0.2, 0.25) is 0 Å². The molecular formula is C29H40N3O4P. The molecule has 0 N–H and O–H groups in total. The normalized spacial score (nSPS) is 29.3. The third-order valence-corrected chi connectivity index (χ3v) is 11.8. The van der Waals surface area contributed by atoms with Crippen LogP contribution in [-0.4, -0.2) is 57.3 Å². The highest BCUT2D eigenvalue weighted by atomic mass is 31.2. The summed E-state index contributed by atoms with van der Waals surface area (Å²) in [5, 5.41) is 0. The second kappa shape index (κ2) is 10.5. The Morgan fingerprint density at radius 2 is 1.49 bits per heavy atom. The van der Waals surface area contributed by atoms with Crippen LogP contribution < -0.4 is 4.74 Å². The van der Waals surface area contributed by atoms with Crippen LogP contribution in [0.1, 0.15) is 70.5 Å². The van der Waals surface area contributed by atoms with Crippen molar-refractivity contribution in [3.05, 3.63) is 65.7 Å². The molecule has 8 heteroatoms. The van der Waals surface area contributed by atoms with Crippen molar-refractivity contribution in [1.29, 1.82) is 0 Å². The van der Waals surface area contributed by atoms with E-state index in [4.69, 9.17) is 9.47 Å². The lowest BCUT2D eigenvalue weighted by molar-refractivity contribution is -0.140. The summed E-state index contributed by atoms with van der Waals surface area (Å²) >= 11 is 0. The van der Waals surface area contributed by atoms with Gasteiger partial charge >= 0.3 is 5.97 Å². The van der Waals surface area contributed by atoms with E-state index in [9.17, 15) is 4.79 Å². The van der Waals surface area contributed by atoms with E-state index in [1.54, 1.807) is 0 Å². The molecule has 0 amide bonds. The number of methoxy groups -OCH3 is 1. The van der Waals surface area contributed by atoms with Gasteiger partial charge in [-0.05, 0) is 63.8 Å². The lowest BCUT2D eigenvalue weighted by Crippen LogP contribution is -2.43. The predicted octanol–water partition coefficient (Wildman–Crippen LogP) is 6.02.